The molecule has 0 aromatic rings. The van der Waals surface area contributed by atoms with Crippen molar-refractivity contribution >= 4 is 37.2 Å². The van der Waals surface area contributed by atoms with E-state index >= 15 is 0 Å². The standard InChI is InChI=1S/C12H22O5S2/c1-9(7-18)11(13)16-5-3-15-4-6-17-12(14)10(2)8-19/h9-10,18-19H,3-8H2,1-2H3. The lowest BCUT2D eigenvalue weighted by Crippen LogP contribution is -2.21. The molecule has 2 atom stereocenters. The van der Waals surface area contributed by atoms with Crippen LogP contribution < -0.4 is 0 Å². The lowest BCUT2D eigenvalue weighted by Gasteiger charge is -2.10. The molecule has 7 heteroatoms. The Morgan fingerprint density at radius 3 is 1.53 bits per heavy atom. The van der Waals surface area contributed by atoms with Gasteiger partial charge in [0.1, 0.15) is 13.2 Å². The average molecular weight is 310 g/mol. The summed E-state index contributed by atoms with van der Waals surface area (Å²) in [5, 5.41) is 0. The number of carbonyl (C=O) groups is 2. The lowest BCUT2D eigenvalue weighted by atomic mass is 10.2. The third-order valence-electron chi connectivity index (χ3n) is 2.30. The van der Waals surface area contributed by atoms with Gasteiger partial charge < -0.3 is 14.2 Å². The summed E-state index contributed by atoms with van der Waals surface area (Å²) in [5.74, 6) is -0.0860. The van der Waals surface area contributed by atoms with Crippen LogP contribution in [0.3, 0.4) is 0 Å². The van der Waals surface area contributed by atoms with E-state index in [9.17, 15) is 9.59 Å². The largest absolute Gasteiger partial charge is 0.463 e. The first kappa shape index (κ1) is 18.6. The Kier molecular flexibility index (Phi) is 11.2. The highest BCUT2D eigenvalue weighted by atomic mass is 32.1. The Bertz CT molecular complexity index is 247. The third-order valence-corrected chi connectivity index (χ3v) is 3.39. The molecule has 112 valence electrons. The molecule has 2 unspecified atom stereocenters. The van der Waals surface area contributed by atoms with Crippen LogP contribution in [0, 0.1) is 11.8 Å². The maximum Gasteiger partial charge on any atom is 0.309 e. The fraction of sp³-hybridized carbons (Fsp3) is 0.833. The van der Waals surface area contributed by atoms with Crippen molar-refractivity contribution in [1.82, 2.24) is 0 Å². The van der Waals surface area contributed by atoms with Crippen LogP contribution in [0.2, 0.25) is 0 Å². The maximum atomic E-state index is 11.3. The topological polar surface area (TPSA) is 61.8 Å². The summed E-state index contributed by atoms with van der Waals surface area (Å²) in [4.78, 5) is 22.5. The highest BCUT2D eigenvalue weighted by Crippen LogP contribution is 2.01. The van der Waals surface area contributed by atoms with E-state index in [-0.39, 0.29) is 50.2 Å². The Morgan fingerprint density at radius 1 is 0.842 bits per heavy atom. The second kappa shape index (κ2) is 11.4. The summed E-state index contributed by atoms with van der Waals surface area (Å²) in [6, 6.07) is 0. The second-order valence-corrected chi connectivity index (χ2v) is 4.84. The first-order valence-electron chi connectivity index (χ1n) is 6.15. The zero-order valence-corrected chi connectivity index (χ0v) is 13.1. The Labute approximate surface area is 125 Å². The van der Waals surface area contributed by atoms with Crippen molar-refractivity contribution in [2.75, 3.05) is 37.9 Å². The number of hydrogen-bond acceptors (Lipinski definition) is 7. The number of rotatable bonds is 10. The van der Waals surface area contributed by atoms with Gasteiger partial charge in [0.15, 0.2) is 0 Å². The van der Waals surface area contributed by atoms with Gasteiger partial charge in [-0.05, 0) is 0 Å². The quantitative estimate of drug-likeness (QED) is 0.361. The molecule has 0 amide bonds. The van der Waals surface area contributed by atoms with Crippen molar-refractivity contribution in [2.45, 2.75) is 13.8 Å². The summed E-state index contributed by atoms with van der Waals surface area (Å²) in [7, 11) is 0. The summed E-state index contributed by atoms with van der Waals surface area (Å²) in [6.07, 6.45) is 0. The Morgan fingerprint density at radius 2 is 1.21 bits per heavy atom. The Hall–Kier alpha value is -0.400. The van der Waals surface area contributed by atoms with E-state index in [0.717, 1.165) is 0 Å². The summed E-state index contributed by atoms with van der Waals surface area (Å²) in [5.41, 5.74) is 0. The van der Waals surface area contributed by atoms with Gasteiger partial charge in [0.05, 0.1) is 25.0 Å². The molecule has 0 saturated carbocycles. The van der Waals surface area contributed by atoms with Gasteiger partial charge in [-0.1, -0.05) is 13.8 Å². The molecule has 0 aliphatic rings. The van der Waals surface area contributed by atoms with Crippen molar-refractivity contribution in [1.29, 1.82) is 0 Å². The van der Waals surface area contributed by atoms with E-state index in [1.165, 1.54) is 0 Å². The first-order valence-corrected chi connectivity index (χ1v) is 7.42. The van der Waals surface area contributed by atoms with Gasteiger partial charge in [0, 0.05) is 11.5 Å². The predicted octanol–water partition coefficient (Wildman–Crippen LogP) is 1.22. The van der Waals surface area contributed by atoms with Gasteiger partial charge in [0.2, 0.25) is 0 Å². The van der Waals surface area contributed by atoms with E-state index in [0.29, 0.717) is 11.5 Å². The monoisotopic (exact) mass is 310 g/mol. The molecule has 0 aromatic carbocycles. The van der Waals surface area contributed by atoms with Crippen molar-refractivity contribution in [2.24, 2.45) is 11.8 Å². The maximum absolute atomic E-state index is 11.3. The molecule has 0 aromatic heterocycles. The minimum absolute atomic E-state index is 0.192. The minimum atomic E-state index is -0.285. The second-order valence-electron chi connectivity index (χ2n) is 4.11. The molecule has 19 heavy (non-hydrogen) atoms. The zero-order chi connectivity index (χ0) is 14.7. The summed E-state index contributed by atoms with van der Waals surface area (Å²) < 4.78 is 15.1. The van der Waals surface area contributed by atoms with Crippen LogP contribution in [-0.4, -0.2) is 49.9 Å². The fourth-order valence-corrected chi connectivity index (χ4v) is 1.24. The number of hydrogen-bond donors (Lipinski definition) is 2. The van der Waals surface area contributed by atoms with Gasteiger partial charge in [-0.25, -0.2) is 0 Å². The Balaban J connectivity index is 3.42. The summed E-state index contributed by atoms with van der Waals surface area (Å²) >= 11 is 8.01. The van der Waals surface area contributed by atoms with Crippen molar-refractivity contribution in [3.63, 3.8) is 0 Å². The molecular formula is C12H22O5S2. The van der Waals surface area contributed by atoms with Crippen LogP contribution >= 0.6 is 25.3 Å². The van der Waals surface area contributed by atoms with E-state index in [2.05, 4.69) is 25.3 Å². The van der Waals surface area contributed by atoms with Gasteiger partial charge in [0.25, 0.3) is 0 Å². The molecule has 0 aliphatic heterocycles. The van der Waals surface area contributed by atoms with E-state index in [1.54, 1.807) is 13.8 Å². The van der Waals surface area contributed by atoms with Gasteiger partial charge in [-0.15, -0.1) is 0 Å². The fourth-order valence-electron chi connectivity index (χ4n) is 0.938. The highest BCUT2D eigenvalue weighted by Gasteiger charge is 2.12. The smallest absolute Gasteiger partial charge is 0.309 e. The van der Waals surface area contributed by atoms with Gasteiger partial charge >= 0.3 is 11.9 Å². The number of thiol groups is 2. The third kappa shape index (κ3) is 9.18. The van der Waals surface area contributed by atoms with Crippen LogP contribution in [0.1, 0.15) is 13.8 Å². The van der Waals surface area contributed by atoms with Crippen LogP contribution in [0.4, 0.5) is 0 Å². The molecule has 0 aliphatic carbocycles. The van der Waals surface area contributed by atoms with E-state index in [4.69, 9.17) is 14.2 Å². The number of esters is 2. The summed E-state index contributed by atoms with van der Waals surface area (Å²) in [6.45, 7) is 4.45. The molecule has 0 N–H and O–H groups in total. The molecule has 0 rings (SSSR count). The average Bonchev–Trinajstić information content (AvgIpc) is 2.43. The predicted molar refractivity (Wildman–Crippen MR) is 78.8 cm³/mol. The number of carbonyl (C=O) groups excluding carboxylic acids is 2. The highest BCUT2D eigenvalue weighted by molar-refractivity contribution is 7.80. The van der Waals surface area contributed by atoms with E-state index in [1.807, 2.05) is 0 Å². The van der Waals surface area contributed by atoms with Crippen LogP contribution in [0.5, 0.6) is 0 Å². The van der Waals surface area contributed by atoms with Crippen molar-refractivity contribution in [3.8, 4) is 0 Å². The normalized spacial score (nSPS) is 13.7. The van der Waals surface area contributed by atoms with Crippen LogP contribution in [-0.2, 0) is 23.8 Å². The minimum Gasteiger partial charge on any atom is -0.463 e. The molecule has 0 saturated heterocycles. The first-order chi connectivity index (χ1) is 9.02. The molecular weight excluding hydrogens is 288 g/mol. The lowest BCUT2D eigenvalue weighted by molar-refractivity contribution is -0.150. The van der Waals surface area contributed by atoms with Gasteiger partial charge in [-0.3, -0.25) is 9.59 Å². The molecule has 0 radical (unpaired) electrons. The van der Waals surface area contributed by atoms with E-state index < -0.39 is 0 Å². The number of ether oxygens (including phenoxy) is 3. The zero-order valence-electron chi connectivity index (χ0n) is 11.3. The molecule has 0 fully saturated rings. The molecule has 0 heterocycles. The molecule has 5 nitrogen and oxygen atoms in total. The van der Waals surface area contributed by atoms with Crippen LogP contribution in [0.25, 0.3) is 0 Å². The molecule has 0 spiro atoms. The van der Waals surface area contributed by atoms with Crippen LogP contribution in [0.15, 0.2) is 0 Å². The van der Waals surface area contributed by atoms with Gasteiger partial charge in [-0.2, -0.15) is 25.3 Å². The van der Waals surface area contributed by atoms with Crippen molar-refractivity contribution < 1.29 is 23.8 Å². The van der Waals surface area contributed by atoms with Crippen molar-refractivity contribution in [3.05, 3.63) is 0 Å². The molecule has 0 bridgehead atoms. The SMILES string of the molecule is CC(CS)C(=O)OCCOCCOC(=O)C(C)CS.